The maximum absolute atomic E-state index is 13.6. The van der Waals surface area contributed by atoms with Crippen LogP contribution in [0, 0.1) is 5.82 Å². The number of nitrogens with one attached hydrogen (secondary N) is 2. The van der Waals surface area contributed by atoms with Gasteiger partial charge in [0, 0.05) is 48.5 Å². The highest BCUT2D eigenvalue weighted by Gasteiger charge is 2.50. The Labute approximate surface area is 425 Å². The van der Waals surface area contributed by atoms with Gasteiger partial charge in [0.1, 0.15) is 41.1 Å². The van der Waals surface area contributed by atoms with Gasteiger partial charge in [-0.15, -0.1) is 0 Å². The molecule has 9 atom stereocenters. The van der Waals surface area contributed by atoms with E-state index in [0.29, 0.717) is 24.2 Å². The van der Waals surface area contributed by atoms with Crippen molar-refractivity contribution in [2.24, 2.45) is 5.73 Å². The molecule has 3 heterocycles. The lowest BCUT2D eigenvalue weighted by Crippen LogP contribution is -2.53. The number of carbonyl (C=O) groups excluding carboxylic acids is 3. The number of phenolic OH excluding ortho intramolecular Hbond substituents is 2. The van der Waals surface area contributed by atoms with Gasteiger partial charge < -0.3 is 55.0 Å². The topological polar surface area (TPSA) is 289 Å². The molecule has 2 fully saturated rings. The number of ketones is 3. The van der Waals surface area contributed by atoms with Crippen molar-refractivity contribution >= 4 is 17.3 Å². The number of ether oxygens (including phenoxy) is 5. The average Bonchev–Trinajstić information content (AvgIpc) is 3.83. The number of aromatic hydroxyl groups is 2. The van der Waals surface area contributed by atoms with Crippen molar-refractivity contribution in [3.8, 4) is 17.2 Å². The number of hydrogen-bond donors (Lipinski definition) is 8. The minimum Gasteiger partial charge on any atom is -0.507 e. The smallest absolute Gasteiger partial charge is 0.416 e. The van der Waals surface area contributed by atoms with E-state index >= 15 is 0 Å². The molecule has 1 aromatic heterocycles. The van der Waals surface area contributed by atoms with E-state index in [4.69, 9.17) is 29.4 Å². The Bertz CT molecular complexity index is 3030. The number of Topliss-reactive ketones (excluding diaryl/α,β-unsaturated/α-hetero) is 1. The van der Waals surface area contributed by atoms with Crippen LogP contribution < -0.4 is 16.2 Å². The summed E-state index contributed by atoms with van der Waals surface area (Å²) in [5.74, 6) is -4.01. The predicted molar refractivity (Wildman–Crippen MR) is 246 cm³/mol. The predicted octanol–water partition coefficient (Wildman–Crippen LogP) is 4.95. The van der Waals surface area contributed by atoms with Crippen molar-refractivity contribution in [3.05, 3.63) is 138 Å². The fourth-order valence-corrected chi connectivity index (χ4v) is 9.82. The summed E-state index contributed by atoms with van der Waals surface area (Å²) in [4.78, 5) is 55.5. The first-order valence-electron chi connectivity index (χ1n) is 23.4. The molecule has 2 aliphatic heterocycles. The highest BCUT2D eigenvalue weighted by Crippen LogP contribution is 2.53. The molecule has 0 spiro atoms. The summed E-state index contributed by atoms with van der Waals surface area (Å²) in [7, 11) is 1.32. The summed E-state index contributed by atoms with van der Waals surface area (Å²) in [5.41, 5.74) is -0.923. The molecule has 4 aromatic carbocycles. The molecule has 19 nitrogen and oxygen atoms in total. The molecule has 4 aliphatic rings. The zero-order valence-electron chi connectivity index (χ0n) is 40.4. The number of rotatable bonds is 11. The van der Waals surface area contributed by atoms with Crippen LogP contribution in [0.2, 0.25) is 0 Å². The van der Waals surface area contributed by atoms with Crippen LogP contribution in [0.15, 0.2) is 65.5 Å². The van der Waals surface area contributed by atoms with E-state index in [9.17, 15) is 75.4 Å². The van der Waals surface area contributed by atoms with E-state index in [1.165, 1.54) is 56.5 Å². The molecular formula is C50H50F7N5O14. The molecule has 76 heavy (non-hydrogen) atoms. The van der Waals surface area contributed by atoms with Crippen molar-refractivity contribution in [2.45, 2.75) is 107 Å². The third-order valence-electron chi connectivity index (χ3n) is 13.6. The number of alkyl halides is 6. The lowest BCUT2D eigenvalue weighted by molar-refractivity contribution is -0.247. The first-order valence-corrected chi connectivity index (χ1v) is 23.4. The second-order valence-corrected chi connectivity index (χ2v) is 18.6. The van der Waals surface area contributed by atoms with Crippen LogP contribution in [-0.2, 0) is 49.1 Å². The van der Waals surface area contributed by atoms with Gasteiger partial charge in [0.25, 0.3) is 0 Å². The maximum Gasteiger partial charge on any atom is 0.416 e. The van der Waals surface area contributed by atoms with E-state index in [0.717, 1.165) is 0 Å². The van der Waals surface area contributed by atoms with Crippen molar-refractivity contribution in [1.82, 2.24) is 20.1 Å². The summed E-state index contributed by atoms with van der Waals surface area (Å²) < 4.78 is 122. The van der Waals surface area contributed by atoms with Crippen molar-refractivity contribution in [3.63, 3.8) is 0 Å². The minimum absolute atomic E-state index is 0.0173. The van der Waals surface area contributed by atoms with Crippen LogP contribution in [0.3, 0.4) is 0 Å². The molecule has 0 unspecified atom stereocenters. The SMILES string of the molecule is COc1cccc2c1C(=O)c1c(O)c3c(c(O)c1C2=O)C[C@@](O)(C(=O)CO)C[C@@H]3O[C@H]1C[C@H](N)[C@H](O)[C@H](C)O1.C[C@@H](O[C@H]1OCCN(Cc2n[nH]c(=O)[nH]2)[C@H]1c1ccc(F)cc1)c1cc(C(F)(F)F)cc(C(F)(F)F)c1. The van der Waals surface area contributed by atoms with Crippen LogP contribution in [0.25, 0.3) is 0 Å². The zero-order chi connectivity index (χ0) is 55.3. The molecular weight excluding hydrogens is 1030 g/mol. The lowest BCUT2D eigenvalue weighted by Gasteiger charge is -2.42. The maximum atomic E-state index is 13.6. The number of halogens is 7. The second-order valence-electron chi connectivity index (χ2n) is 18.6. The van der Waals surface area contributed by atoms with E-state index in [-0.39, 0.29) is 65.0 Å². The quantitative estimate of drug-likeness (QED) is 0.0629. The number of nitrogens with zero attached hydrogens (tertiary/aromatic N) is 2. The van der Waals surface area contributed by atoms with Gasteiger partial charge in [0.2, 0.25) is 5.78 Å². The molecule has 9 rings (SSSR count). The Morgan fingerprint density at radius 3 is 2.22 bits per heavy atom. The first-order chi connectivity index (χ1) is 35.7. The van der Waals surface area contributed by atoms with Gasteiger partial charge >= 0.3 is 18.0 Å². The number of aliphatic hydroxyl groups excluding tert-OH is 2. The number of phenols is 2. The van der Waals surface area contributed by atoms with E-state index in [1.807, 2.05) is 0 Å². The number of aromatic nitrogens is 3. The van der Waals surface area contributed by atoms with Gasteiger partial charge in [-0.25, -0.2) is 14.3 Å². The normalized spacial score (nSPS) is 25.2. The number of carbonyl (C=O) groups is 3. The summed E-state index contributed by atoms with van der Waals surface area (Å²) in [6.07, 6.45) is -17.6. The van der Waals surface area contributed by atoms with Gasteiger partial charge in [0.05, 0.1) is 78.5 Å². The molecule has 9 N–H and O–H groups in total. The van der Waals surface area contributed by atoms with E-state index < -0.39 is 149 Å². The average molecular weight is 1080 g/mol. The number of nitrogens with two attached hydrogens (primary N) is 1. The Balaban J connectivity index is 0.000000202. The third-order valence-corrected chi connectivity index (χ3v) is 13.6. The van der Waals surface area contributed by atoms with Gasteiger partial charge in [-0.1, -0.05) is 24.3 Å². The molecule has 2 aliphatic carbocycles. The highest BCUT2D eigenvalue weighted by molar-refractivity contribution is 6.31. The number of benzene rings is 4. The largest absolute Gasteiger partial charge is 0.507 e. The second kappa shape index (κ2) is 21.4. The Morgan fingerprint density at radius 1 is 0.974 bits per heavy atom. The van der Waals surface area contributed by atoms with Gasteiger partial charge in [-0.05, 0) is 61.4 Å². The number of morpholine rings is 1. The van der Waals surface area contributed by atoms with Crippen LogP contribution in [0.1, 0.15) is 116 Å². The highest BCUT2D eigenvalue weighted by atomic mass is 19.4. The molecule has 408 valence electrons. The molecule has 5 aromatic rings. The number of H-pyrrole nitrogens is 2. The molecule has 0 saturated carbocycles. The van der Waals surface area contributed by atoms with E-state index in [1.54, 1.807) is 11.8 Å². The number of aliphatic hydroxyl groups is 3. The molecule has 2 saturated heterocycles. The summed E-state index contributed by atoms with van der Waals surface area (Å²) in [5, 5.41) is 59.8. The zero-order valence-corrected chi connectivity index (χ0v) is 40.4. The van der Waals surface area contributed by atoms with Crippen LogP contribution in [0.4, 0.5) is 30.7 Å². The molecule has 26 heteroatoms. The lowest BCUT2D eigenvalue weighted by atomic mass is 9.72. The van der Waals surface area contributed by atoms with Crippen LogP contribution >= 0.6 is 0 Å². The summed E-state index contributed by atoms with van der Waals surface area (Å²) in [6, 6.07) is 9.43. The molecule has 0 amide bonds. The van der Waals surface area contributed by atoms with Gasteiger partial charge in [-0.2, -0.15) is 31.4 Å². The standard InChI is InChI=1S/C27H29NO11.C23H21F7N4O3/c1-10-22(31)13(28)6-17(38-10)39-15-8-27(36,16(30)9-29)7-12-19(15)26(35)21-20(24(12)33)23(32)11-4-3-5-14(37-2)18(11)25(21)34;1-12(14-8-15(22(25,26)27)10-16(9-14)23(28,29)30)37-20-19(13-2-4-17(24)5-3-13)34(6-7-36-20)11-18-31-21(35)33-32-18/h3-5,10,13,15,17,22,29,31,33,35-36H,6-9,28H2,1-2H3;2-5,8-10,12,19-20H,6-7,11H2,1H3,(H2,31,32,33,35)/t10-,13-,15-,17-,22+,27-;12-,19+,20-/m01/s1. The number of fused-ring (bicyclic) bond motifs is 3. The van der Waals surface area contributed by atoms with Crippen molar-refractivity contribution in [2.75, 3.05) is 26.9 Å². The third kappa shape index (κ3) is 11.0. The van der Waals surface area contributed by atoms with E-state index in [2.05, 4.69) is 15.2 Å². The van der Waals surface area contributed by atoms with Crippen molar-refractivity contribution < 1.29 is 94.3 Å². The fraction of sp³-hybridized carbons (Fsp3) is 0.420. The van der Waals surface area contributed by atoms with Crippen molar-refractivity contribution in [1.29, 1.82) is 0 Å². The number of aromatic amines is 2. The number of hydrogen-bond acceptors (Lipinski definition) is 17. The van der Waals surface area contributed by atoms with Crippen LogP contribution in [-0.4, -0.2) is 126 Å². The molecule has 0 bridgehead atoms. The van der Waals surface area contributed by atoms with Gasteiger partial charge in [0.15, 0.2) is 24.1 Å². The Morgan fingerprint density at radius 2 is 1.63 bits per heavy atom. The monoisotopic (exact) mass is 1080 g/mol. The van der Waals surface area contributed by atoms with Gasteiger partial charge in [-0.3, -0.25) is 24.3 Å². The van der Waals surface area contributed by atoms with Crippen LogP contribution in [0.5, 0.6) is 17.2 Å². The Kier molecular flexibility index (Phi) is 15.7. The number of methoxy groups -OCH3 is 1. The fourth-order valence-electron chi connectivity index (χ4n) is 9.82. The Hall–Kier alpha value is -6.62. The summed E-state index contributed by atoms with van der Waals surface area (Å²) >= 11 is 0. The first kappa shape index (κ1) is 55.6. The minimum atomic E-state index is -5.01. The summed E-state index contributed by atoms with van der Waals surface area (Å²) in [6.45, 7) is 2.38. The molecule has 0 radical (unpaired) electrons.